The first-order valence-corrected chi connectivity index (χ1v) is 13.7. The monoisotopic (exact) mass is 577 g/mol. The van der Waals surface area contributed by atoms with Crippen LogP contribution in [-0.4, -0.2) is 88.4 Å². The molecule has 5 atom stereocenters. The molecular formula is C31H35N3O8. The van der Waals surface area contributed by atoms with Gasteiger partial charge in [-0.1, -0.05) is 18.2 Å². The van der Waals surface area contributed by atoms with Gasteiger partial charge in [0.05, 0.1) is 11.6 Å². The summed E-state index contributed by atoms with van der Waals surface area (Å²) in [5, 5.41) is 45.9. The molecule has 0 heterocycles. The standard InChI is InChI=1S/C31H35N3O8/c1-13(35)15-7-6-14(8-15)9-17-12-20(33(2)3)18-10-16-11-19-24(34(4)5)27(38)23(30(32)41)29(40)31(19,42)28(39)21(16)26(37)22(18)25(17)36/h6-8,12,14,16,19,24,36-37,40,42H,9-11H2,1-5H3,(H2,32,41)/t14?,16-,19-,24-,31-/m1/s1. The van der Waals surface area contributed by atoms with Crippen molar-refractivity contribution < 1.29 is 39.6 Å². The Hall–Kier alpha value is -4.22. The predicted molar refractivity (Wildman–Crippen MR) is 154 cm³/mol. The van der Waals surface area contributed by atoms with Crippen molar-refractivity contribution in [3.8, 4) is 5.75 Å². The van der Waals surface area contributed by atoms with Gasteiger partial charge in [-0.3, -0.25) is 24.1 Å². The lowest BCUT2D eigenvalue weighted by atomic mass is 9.57. The second-order valence-electron chi connectivity index (χ2n) is 12.0. The molecule has 1 aromatic rings. The van der Waals surface area contributed by atoms with Gasteiger partial charge in [0.25, 0.3) is 5.91 Å². The summed E-state index contributed by atoms with van der Waals surface area (Å²) in [6.45, 7) is 1.47. The van der Waals surface area contributed by atoms with Crippen LogP contribution >= 0.6 is 0 Å². The molecule has 1 fully saturated rings. The highest BCUT2D eigenvalue weighted by atomic mass is 16.3. The number of anilines is 1. The highest BCUT2D eigenvalue weighted by molar-refractivity contribution is 6.24. The minimum atomic E-state index is -2.69. The Morgan fingerprint density at radius 3 is 2.33 bits per heavy atom. The zero-order valence-corrected chi connectivity index (χ0v) is 24.1. The van der Waals surface area contributed by atoms with Crippen molar-refractivity contribution in [3.05, 3.63) is 63.5 Å². The van der Waals surface area contributed by atoms with E-state index in [1.54, 1.807) is 20.2 Å². The smallest absolute Gasteiger partial charge is 0.255 e. The van der Waals surface area contributed by atoms with E-state index in [1.807, 2.05) is 37.2 Å². The number of carbonyl (C=O) groups is 4. The van der Waals surface area contributed by atoms with E-state index in [0.717, 1.165) is 0 Å². The van der Waals surface area contributed by atoms with Crippen molar-refractivity contribution in [1.82, 2.24) is 4.90 Å². The SMILES string of the molecule is CC(=O)C1=CC(Cc2cc(N(C)C)c3c(c2O)C(O)=C2C(=O)[C@@]4(O)C(O)=C(C(N)=O)C(=O)[C@H](N(C)C)[C@H]4C[C@H]2C3)C=C1. The van der Waals surface area contributed by atoms with Gasteiger partial charge in [-0.15, -0.1) is 0 Å². The maximum atomic E-state index is 14.1. The van der Waals surface area contributed by atoms with Crippen molar-refractivity contribution >= 4 is 34.7 Å². The number of benzene rings is 1. The normalized spacial score (nSPS) is 28.5. The second-order valence-corrected chi connectivity index (χ2v) is 12.0. The fraction of sp³-hybridized carbons (Fsp3) is 0.419. The van der Waals surface area contributed by atoms with E-state index in [9.17, 15) is 39.6 Å². The average molecular weight is 578 g/mol. The molecule has 1 aromatic carbocycles. The molecule has 4 aliphatic rings. The number of carbonyl (C=O) groups excluding carboxylic acids is 4. The number of aliphatic hydroxyl groups is 3. The number of rotatable bonds is 6. The molecule has 4 aliphatic carbocycles. The van der Waals surface area contributed by atoms with Crippen LogP contribution in [0, 0.1) is 17.8 Å². The number of likely N-dealkylation sites (N-methyl/N-ethyl adjacent to an activating group) is 1. The Morgan fingerprint density at radius 1 is 1.12 bits per heavy atom. The number of nitrogens with zero attached hydrogens (tertiary/aromatic N) is 2. The van der Waals surface area contributed by atoms with Crippen LogP contribution in [0.1, 0.15) is 30.0 Å². The van der Waals surface area contributed by atoms with Gasteiger partial charge in [0.15, 0.2) is 17.2 Å². The minimum absolute atomic E-state index is 0.0205. The topological polar surface area (TPSA) is 182 Å². The number of aromatic hydroxyl groups is 1. The number of phenols is 1. The number of primary amides is 1. The Labute approximate surface area is 242 Å². The number of fused-ring (bicyclic) bond motifs is 3. The van der Waals surface area contributed by atoms with Crippen molar-refractivity contribution in [2.45, 2.75) is 37.8 Å². The summed E-state index contributed by atoms with van der Waals surface area (Å²) in [7, 11) is 6.75. The van der Waals surface area contributed by atoms with E-state index >= 15 is 0 Å². The summed E-state index contributed by atoms with van der Waals surface area (Å²) in [5.74, 6) is -7.05. The van der Waals surface area contributed by atoms with Gasteiger partial charge in [-0.2, -0.15) is 0 Å². The lowest BCUT2D eigenvalue weighted by Gasteiger charge is -2.50. The third-order valence-corrected chi connectivity index (χ3v) is 9.04. The number of Topliss-reactive ketones (excluding diaryl/α,β-unsaturated/α-hetero) is 3. The number of nitrogens with two attached hydrogens (primary N) is 1. The number of hydrogen-bond acceptors (Lipinski definition) is 10. The summed E-state index contributed by atoms with van der Waals surface area (Å²) in [5.41, 5.74) is 4.05. The van der Waals surface area contributed by atoms with Crippen LogP contribution in [0.2, 0.25) is 0 Å². The third-order valence-electron chi connectivity index (χ3n) is 9.04. The van der Waals surface area contributed by atoms with Crippen LogP contribution in [0.3, 0.4) is 0 Å². The first-order valence-electron chi connectivity index (χ1n) is 13.7. The predicted octanol–water partition coefficient (Wildman–Crippen LogP) is 1.27. The molecule has 11 nitrogen and oxygen atoms in total. The molecule has 1 saturated carbocycles. The molecule has 222 valence electrons. The molecule has 0 aromatic heterocycles. The largest absolute Gasteiger partial charge is 0.508 e. The van der Waals surface area contributed by atoms with Gasteiger partial charge in [0, 0.05) is 42.8 Å². The number of amides is 1. The zero-order valence-electron chi connectivity index (χ0n) is 24.1. The van der Waals surface area contributed by atoms with Crippen molar-refractivity contribution in [1.29, 1.82) is 0 Å². The fourth-order valence-electron chi connectivity index (χ4n) is 7.09. The van der Waals surface area contributed by atoms with Crippen molar-refractivity contribution in [2.24, 2.45) is 23.5 Å². The van der Waals surface area contributed by atoms with Gasteiger partial charge in [-0.05, 0) is 63.4 Å². The number of phenolic OH excluding ortho intramolecular Hbond substituents is 1. The summed E-state index contributed by atoms with van der Waals surface area (Å²) >= 11 is 0. The third kappa shape index (κ3) is 4.10. The molecule has 1 amide bonds. The lowest BCUT2D eigenvalue weighted by Crippen LogP contribution is -2.65. The summed E-state index contributed by atoms with van der Waals surface area (Å²) in [6.07, 6.45) is 5.93. The van der Waals surface area contributed by atoms with Gasteiger partial charge >= 0.3 is 0 Å². The number of aliphatic hydroxyl groups excluding tert-OH is 2. The van der Waals surface area contributed by atoms with Crippen LogP contribution in [0.4, 0.5) is 5.69 Å². The maximum absolute atomic E-state index is 14.1. The molecule has 6 N–H and O–H groups in total. The van der Waals surface area contributed by atoms with Crippen LogP contribution in [0.5, 0.6) is 5.75 Å². The van der Waals surface area contributed by atoms with E-state index < -0.39 is 58.0 Å². The second kappa shape index (κ2) is 9.95. The van der Waals surface area contributed by atoms with Crippen LogP contribution in [-0.2, 0) is 32.0 Å². The van der Waals surface area contributed by atoms with Crippen molar-refractivity contribution in [2.75, 3.05) is 33.1 Å². The molecule has 1 unspecified atom stereocenters. The zero-order chi connectivity index (χ0) is 31.0. The van der Waals surface area contributed by atoms with Gasteiger partial charge in [0.2, 0.25) is 5.78 Å². The van der Waals surface area contributed by atoms with E-state index in [0.29, 0.717) is 28.8 Å². The molecule has 0 bridgehead atoms. The molecule has 0 radical (unpaired) electrons. The van der Waals surface area contributed by atoms with Crippen molar-refractivity contribution in [3.63, 3.8) is 0 Å². The molecule has 0 saturated heterocycles. The number of ketones is 3. The lowest BCUT2D eigenvalue weighted by molar-refractivity contribution is -0.153. The summed E-state index contributed by atoms with van der Waals surface area (Å²) in [4.78, 5) is 54.6. The highest BCUT2D eigenvalue weighted by Gasteiger charge is 2.64. The number of hydrogen-bond donors (Lipinski definition) is 5. The summed E-state index contributed by atoms with van der Waals surface area (Å²) in [6, 6.07) is 0.681. The molecule has 42 heavy (non-hydrogen) atoms. The molecule has 0 aliphatic heterocycles. The van der Waals surface area contributed by atoms with Crippen LogP contribution in [0.25, 0.3) is 5.76 Å². The van der Waals surface area contributed by atoms with E-state index in [-0.39, 0.29) is 41.4 Å². The van der Waals surface area contributed by atoms with E-state index in [1.165, 1.54) is 11.8 Å². The molecule has 0 spiro atoms. The maximum Gasteiger partial charge on any atom is 0.255 e. The van der Waals surface area contributed by atoms with Gasteiger partial charge < -0.3 is 31.1 Å². The first-order chi connectivity index (χ1) is 19.6. The molecule has 11 heteroatoms. The highest BCUT2D eigenvalue weighted by Crippen LogP contribution is 2.54. The fourth-order valence-corrected chi connectivity index (χ4v) is 7.09. The van der Waals surface area contributed by atoms with Crippen LogP contribution < -0.4 is 10.6 Å². The Balaban J connectivity index is 1.68. The van der Waals surface area contributed by atoms with Crippen LogP contribution in [0.15, 0.2) is 46.8 Å². The van der Waals surface area contributed by atoms with E-state index in [2.05, 4.69) is 0 Å². The van der Waals surface area contributed by atoms with Gasteiger partial charge in [0.1, 0.15) is 22.8 Å². The quantitative estimate of drug-likeness (QED) is 0.309. The minimum Gasteiger partial charge on any atom is -0.508 e. The molecular weight excluding hydrogens is 542 g/mol. The Kier molecular flexibility index (Phi) is 6.94. The van der Waals surface area contributed by atoms with Gasteiger partial charge in [-0.25, -0.2) is 0 Å². The first kappa shape index (κ1) is 29.3. The number of allylic oxidation sites excluding steroid dienone is 4. The summed E-state index contributed by atoms with van der Waals surface area (Å²) < 4.78 is 0. The Morgan fingerprint density at radius 2 is 1.79 bits per heavy atom. The Bertz CT molecular complexity index is 1580. The average Bonchev–Trinajstić information content (AvgIpc) is 3.36. The van der Waals surface area contributed by atoms with E-state index in [4.69, 9.17) is 5.73 Å². The molecule has 5 rings (SSSR count).